The van der Waals surface area contributed by atoms with Gasteiger partial charge in [0.05, 0.1) is 4.92 Å². The fraction of sp³-hybridized carbons (Fsp3) is 0.462. The highest BCUT2D eigenvalue weighted by Gasteiger charge is 2.42. The molecule has 3 rings (SSSR count). The van der Waals surface area contributed by atoms with Gasteiger partial charge in [-0.25, -0.2) is 4.39 Å². The number of nitrogens with one attached hydrogen (secondary N) is 1. The summed E-state index contributed by atoms with van der Waals surface area (Å²) in [6, 6.07) is 1.39. The highest BCUT2D eigenvalue weighted by atomic mass is 19.1. The monoisotopic (exact) mass is 297 g/mol. The molecule has 2 fully saturated rings. The van der Waals surface area contributed by atoms with Gasteiger partial charge in [0.1, 0.15) is 11.4 Å². The molecule has 0 spiro atoms. The molecule has 112 valence electrons. The molecular formula is C13H13F2N3O3. The Kier molecular flexibility index (Phi) is 3.32. The molecule has 0 unspecified atom stereocenters. The standard InChI is InChI=1S/C13H13F2N3O3/c14-8-1-2-9(18(20)21)12(15)11(8)13(19)17-4-3-7-5-16-6-10(7)17/h1-2,7,10,16H,3-6H2/t7-,10+/m0/s1. The fourth-order valence-electron chi connectivity index (χ4n) is 3.12. The number of carbonyl (C=O) groups is 1. The van der Waals surface area contributed by atoms with Crippen LogP contribution in [0, 0.1) is 27.7 Å². The summed E-state index contributed by atoms with van der Waals surface area (Å²) in [6.07, 6.45) is 0.765. The van der Waals surface area contributed by atoms with Crippen molar-refractivity contribution in [3.05, 3.63) is 39.4 Å². The summed E-state index contributed by atoms with van der Waals surface area (Å²) in [7, 11) is 0. The molecule has 1 aromatic rings. The summed E-state index contributed by atoms with van der Waals surface area (Å²) < 4.78 is 27.9. The van der Waals surface area contributed by atoms with E-state index in [1.54, 1.807) is 0 Å². The highest BCUT2D eigenvalue weighted by Crippen LogP contribution is 2.31. The third-order valence-electron chi connectivity index (χ3n) is 4.19. The van der Waals surface area contributed by atoms with Crippen LogP contribution in [0.15, 0.2) is 12.1 Å². The molecule has 2 aliphatic rings. The van der Waals surface area contributed by atoms with E-state index >= 15 is 0 Å². The van der Waals surface area contributed by atoms with Gasteiger partial charge in [0, 0.05) is 31.7 Å². The number of fused-ring (bicyclic) bond motifs is 1. The average Bonchev–Trinajstić information content (AvgIpc) is 2.99. The molecule has 0 bridgehead atoms. The van der Waals surface area contributed by atoms with Crippen LogP contribution in [-0.2, 0) is 0 Å². The Morgan fingerprint density at radius 3 is 2.86 bits per heavy atom. The van der Waals surface area contributed by atoms with Gasteiger partial charge in [-0.2, -0.15) is 4.39 Å². The Morgan fingerprint density at radius 1 is 1.38 bits per heavy atom. The summed E-state index contributed by atoms with van der Waals surface area (Å²) in [5, 5.41) is 13.8. The maximum absolute atomic E-state index is 14.1. The number of hydrogen-bond donors (Lipinski definition) is 1. The van der Waals surface area contributed by atoms with Crippen molar-refractivity contribution >= 4 is 11.6 Å². The van der Waals surface area contributed by atoms with E-state index in [4.69, 9.17) is 0 Å². The van der Waals surface area contributed by atoms with Crippen molar-refractivity contribution in [1.82, 2.24) is 10.2 Å². The van der Waals surface area contributed by atoms with Crippen LogP contribution in [0.25, 0.3) is 0 Å². The summed E-state index contributed by atoms with van der Waals surface area (Å²) >= 11 is 0. The van der Waals surface area contributed by atoms with Gasteiger partial charge in [-0.3, -0.25) is 14.9 Å². The first-order chi connectivity index (χ1) is 10.0. The van der Waals surface area contributed by atoms with Crippen LogP contribution < -0.4 is 5.32 Å². The predicted octanol–water partition coefficient (Wildman–Crippen LogP) is 1.31. The summed E-state index contributed by atoms with van der Waals surface area (Å²) in [5.41, 5.74) is -1.73. The molecule has 6 nitrogen and oxygen atoms in total. The van der Waals surface area contributed by atoms with Crippen LogP contribution in [-0.4, -0.2) is 41.4 Å². The maximum Gasteiger partial charge on any atom is 0.305 e. The second kappa shape index (κ2) is 5.03. The van der Waals surface area contributed by atoms with E-state index in [0.29, 0.717) is 13.1 Å². The number of nitrogens with zero attached hydrogens (tertiary/aromatic N) is 2. The summed E-state index contributed by atoms with van der Waals surface area (Å²) in [6.45, 7) is 1.76. The van der Waals surface area contributed by atoms with Crippen molar-refractivity contribution in [3.63, 3.8) is 0 Å². The molecule has 0 aliphatic carbocycles. The van der Waals surface area contributed by atoms with Crippen molar-refractivity contribution in [2.24, 2.45) is 5.92 Å². The van der Waals surface area contributed by atoms with Gasteiger partial charge in [-0.1, -0.05) is 0 Å². The molecule has 1 aromatic carbocycles. The van der Waals surface area contributed by atoms with Gasteiger partial charge >= 0.3 is 5.69 Å². The van der Waals surface area contributed by atoms with Crippen LogP contribution in [0.2, 0.25) is 0 Å². The second-order valence-corrected chi connectivity index (χ2v) is 5.29. The Labute approximate surface area is 118 Å². The molecule has 0 radical (unpaired) electrons. The molecule has 1 amide bonds. The molecule has 0 saturated carbocycles. The topological polar surface area (TPSA) is 75.5 Å². The number of hydrogen-bond acceptors (Lipinski definition) is 4. The van der Waals surface area contributed by atoms with E-state index in [-0.39, 0.29) is 12.0 Å². The number of amides is 1. The Bertz CT molecular complexity index is 623. The van der Waals surface area contributed by atoms with Crippen molar-refractivity contribution in [3.8, 4) is 0 Å². The summed E-state index contributed by atoms with van der Waals surface area (Å²) in [5.74, 6) is -3.01. The van der Waals surface area contributed by atoms with E-state index in [2.05, 4.69) is 5.32 Å². The Hall–Kier alpha value is -2.09. The first-order valence-electron chi connectivity index (χ1n) is 6.64. The molecule has 2 atom stereocenters. The van der Waals surface area contributed by atoms with Crippen LogP contribution in [0.5, 0.6) is 0 Å². The Balaban J connectivity index is 1.98. The third kappa shape index (κ3) is 2.15. The lowest BCUT2D eigenvalue weighted by atomic mass is 10.0. The number of halogens is 2. The minimum atomic E-state index is -1.40. The zero-order chi connectivity index (χ0) is 15.1. The highest BCUT2D eigenvalue weighted by molar-refractivity contribution is 5.96. The van der Waals surface area contributed by atoms with Crippen molar-refractivity contribution in [2.45, 2.75) is 12.5 Å². The van der Waals surface area contributed by atoms with Crippen molar-refractivity contribution in [2.75, 3.05) is 19.6 Å². The second-order valence-electron chi connectivity index (χ2n) is 5.29. The van der Waals surface area contributed by atoms with Crippen LogP contribution >= 0.6 is 0 Å². The first-order valence-corrected chi connectivity index (χ1v) is 6.64. The van der Waals surface area contributed by atoms with Gasteiger partial charge in [0.25, 0.3) is 5.91 Å². The minimum Gasteiger partial charge on any atom is -0.334 e. The summed E-state index contributed by atoms with van der Waals surface area (Å²) in [4.78, 5) is 23.6. The molecule has 0 aromatic heterocycles. The van der Waals surface area contributed by atoms with E-state index in [1.165, 1.54) is 4.90 Å². The van der Waals surface area contributed by atoms with Crippen LogP contribution in [0.4, 0.5) is 14.5 Å². The van der Waals surface area contributed by atoms with Crippen LogP contribution in [0.3, 0.4) is 0 Å². The van der Waals surface area contributed by atoms with Gasteiger partial charge in [-0.05, 0) is 18.4 Å². The lowest BCUT2D eigenvalue weighted by Crippen LogP contribution is -2.39. The van der Waals surface area contributed by atoms with Gasteiger partial charge in [-0.15, -0.1) is 0 Å². The lowest BCUT2D eigenvalue weighted by Gasteiger charge is -2.23. The average molecular weight is 297 g/mol. The molecule has 2 saturated heterocycles. The number of likely N-dealkylation sites (tertiary alicyclic amines) is 1. The number of benzene rings is 1. The molecule has 8 heteroatoms. The number of nitro benzene ring substituents is 1. The number of nitro groups is 1. The Morgan fingerprint density at radius 2 is 2.14 bits per heavy atom. The zero-order valence-electron chi connectivity index (χ0n) is 11.0. The molecule has 2 heterocycles. The van der Waals surface area contributed by atoms with Crippen molar-refractivity contribution in [1.29, 1.82) is 0 Å². The quantitative estimate of drug-likeness (QED) is 0.659. The van der Waals surface area contributed by atoms with E-state index in [0.717, 1.165) is 25.1 Å². The minimum absolute atomic E-state index is 0.101. The maximum atomic E-state index is 14.1. The number of rotatable bonds is 2. The van der Waals surface area contributed by atoms with E-state index < -0.39 is 33.7 Å². The molecule has 2 aliphatic heterocycles. The van der Waals surface area contributed by atoms with Gasteiger partial charge in [0.2, 0.25) is 5.82 Å². The van der Waals surface area contributed by atoms with Crippen LogP contribution in [0.1, 0.15) is 16.8 Å². The van der Waals surface area contributed by atoms with Gasteiger partial charge < -0.3 is 10.2 Å². The van der Waals surface area contributed by atoms with Gasteiger partial charge in [0.15, 0.2) is 0 Å². The molecular weight excluding hydrogens is 284 g/mol. The lowest BCUT2D eigenvalue weighted by molar-refractivity contribution is -0.387. The SMILES string of the molecule is O=C(c1c(F)ccc([N+](=O)[O-])c1F)N1CC[C@H]2CNC[C@H]21. The van der Waals surface area contributed by atoms with Crippen molar-refractivity contribution < 1.29 is 18.5 Å². The third-order valence-corrected chi connectivity index (χ3v) is 4.19. The first kappa shape index (κ1) is 13.9. The molecule has 1 N–H and O–H groups in total. The normalized spacial score (nSPS) is 24.2. The van der Waals surface area contributed by atoms with E-state index in [1.807, 2.05) is 0 Å². The largest absolute Gasteiger partial charge is 0.334 e. The smallest absolute Gasteiger partial charge is 0.305 e. The molecule has 21 heavy (non-hydrogen) atoms. The van der Waals surface area contributed by atoms with E-state index in [9.17, 15) is 23.7 Å². The number of carbonyl (C=O) groups excluding carboxylic acids is 1. The predicted molar refractivity (Wildman–Crippen MR) is 68.8 cm³/mol. The fourth-order valence-corrected chi connectivity index (χ4v) is 3.12. The zero-order valence-corrected chi connectivity index (χ0v) is 11.0.